The normalized spacial score (nSPS) is 10.4. The summed E-state index contributed by atoms with van der Waals surface area (Å²) in [4.78, 5) is 15.8. The molecule has 2 aromatic heterocycles. The van der Waals surface area contributed by atoms with Gasteiger partial charge in [-0.2, -0.15) is 0 Å². The first-order valence-electron chi connectivity index (χ1n) is 4.23. The van der Waals surface area contributed by atoms with Crippen LogP contribution in [0.3, 0.4) is 0 Å². The van der Waals surface area contributed by atoms with Crippen LogP contribution in [0, 0.1) is 0 Å². The van der Waals surface area contributed by atoms with Crippen molar-refractivity contribution >= 4 is 28.9 Å². The van der Waals surface area contributed by atoms with Crippen molar-refractivity contribution in [1.82, 2.24) is 20.0 Å². The molecule has 0 atom stereocenters. The fourth-order valence-electron chi connectivity index (χ4n) is 1.15. The number of carbonyl (C=O) groups is 1. The molecule has 8 heteroatoms. The average Bonchev–Trinajstić information content (AvgIpc) is 2.83. The first-order chi connectivity index (χ1) is 7.61. The molecule has 0 spiro atoms. The van der Waals surface area contributed by atoms with Crippen LogP contribution in [-0.2, 0) is 11.8 Å². The van der Waals surface area contributed by atoms with E-state index in [9.17, 15) is 4.79 Å². The molecule has 0 bridgehead atoms. The van der Waals surface area contributed by atoms with Gasteiger partial charge in [0.25, 0.3) is 0 Å². The van der Waals surface area contributed by atoms with Gasteiger partial charge in [-0.05, 0) is 0 Å². The van der Waals surface area contributed by atoms with E-state index in [-0.39, 0.29) is 4.47 Å². The number of methoxy groups -OCH3 is 1. The highest BCUT2D eigenvalue weighted by molar-refractivity contribution is 7.17. The second kappa shape index (κ2) is 4.18. The van der Waals surface area contributed by atoms with Gasteiger partial charge in [-0.15, -0.1) is 5.10 Å². The molecule has 2 heterocycles. The molecule has 2 aromatic rings. The van der Waals surface area contributed by atoms with E-state index in [1.807, 2.05) is 0 Å². The number of ether oxygens (including phenoxy) is 1. The van der Waals surface area contributed by atoms with Crippen molar-refractivity contribution in [3.05, 3.63) is 15.5 Å². The minimum absolute atomic E-state index is 0.265. The predicted molar refractivity (Wildman–Crippen MR) is 58.5 cm³/mol. The monoisotopic (exact) mass is 258 g/mol. The topological polar surface area (TPSA) is 69.9 Å². The molecule has 0 radical (unpaired) electrons. The summed E-state index contributed by atoms with van der Waals surface area (Å²) in [6.45, 7) is 0. The number of carbonyl (C=O) groups excluding carboxylic acids is 1. The highest BCUT2D eigenvalue weighted by atomic mass is 35.5. The van der Waals surface area contributed by atoms with Crippen molar-refractivity contribution in [2.24, 2.45) is 7.05 Å². The first-order valence-corrected chi connectivity index (χ1v) is 5.42. The van der Waals surface area contributed by atoms with Crippen LogP contribution in [0.1, 0.15) is 9.67 Å². The molecule has 0 amide bonds. The van der Waals surface area contributed by atoms with Crippen LogP contribution < -0.4 is 0 Å². The number of thiazole rings is 1. The smallest absolute Gasteiger partial charge is 0.350 e. The van der Waals surface area contributed by atoms with Crippen LogP contribution in [0.15, 0.2) is 6.20 Å². The lowest BCUT2D eigenvalue weighted by molar-refractivity contribution is 0.0607. The molecule has 0 aliphatic rings. The number of nitrogens with zero attached hydrogens (tertiary/aromatic N) is 4. The fraction of sp³-hybridized carbons (Fsp3) is 0.250. The van der Waals surface area contributed by atoms with E-state index in [0.29, 0.717) is 16.3 Å². The van der Waals surface area contributed by atoms with Gasteiger partial charge in [-0.3, -0.25) is 4.68 Å². The number of aryl methyl sites for hydroxylation is 1. The van der Waals surface area contributed by atoms with E-state index >= 15 is 0 Å². The SMILES string of the molecule is COC(=O)c1sc(Cl)nc1-c1cn(C)nn1. The van der Waals surface area contributed by atoms with Crippen LogP contribution in [0.5, 0.6) is 0 Å². The van der Waals surface area contributed by atoms with Crippen LogP contribution in [0.25, 0.3) is 11.4 Å². The molecule has 0 aromatic carbocycles. The summed E-state index contributed by atoms with van der Waals surface area (Å²) in [5.41, 5.74) is 0.890. The minimum Gasteiger partial charge on any atom is -0.465 e. The van der Waals surface area contributed by atoms with Gasteiger partial charge in [0.2, 0.25) is 0 Å². The largest absolute Gasteiger partial charge is 0.465 e. The van der Waals surface area contributed by atoms with Gasteiger partial charge >= 0.3 is 5.97 Å². The van der Waals surface area contributed by atoms with Crippen LogP contribution in [0.2, 0.25) is 4.47 Å². The molecular formula is C8H7ClN4O2S. The molecular weight excluding hydrogens is 252 g/mol. The number of aromatic nitrogens is 4. The third-order valence-corrected chi connectivity index (χ3v) is 2.96. The van der Waals surface area contributed by atoms with Gasteiger partial charge in [0.15, 0.2) is 4.47 Å². The van der Waals surface area contributed by atoms with E-state index < -0.39 is 5.97 Å². The third-order valence-electron chi connectivity index (χ3n) is 1.82. The number of rotatable bonds is 2. The number of hydrogen-bond donors (Lipinski definition) is 0. The standard InChI is InChI=1S/C8H7ClN4O2S/c1-13-3-4(11-12-13)5-6(7(14)15-2)16-8(9)10-5/h3H,1-2H3. The first kappa shape index (κ1) is 11.0. The molecule has 0 fully saturated rings. The summed E-state index contributed by atoms with van der Waals surface area (Å²) in [6.07, 6.45) is 1.65. The number of halogens is 1. The third kappa shape index (κ3) is 1.91. The molecule has 0 saturated carbocycles. The van der Waals surface area contributed by atoms with Crippen LogP contribution >= 0.6 is 22.9 Å². The summed E-state index contributed by atoms with van der Waals surface area (Å²) < 4.78 is 6.42. The maximum absolute atomic E-state index is 11.5. The zero-order valence-corrected chi connectivity index (χ0v) is 10.0. The van der Waals surface area contributed by atoms with Gasteiger partial charge in [0.05, 0.1) is 13.3 Å². The molecule has 6 nitrogen and oxygen atoms in total. The van der Waals surface area contributed by atoms with Gasteiger partial charge in [-0.25, -0.2) is 9.78 Å². The van der Waals surface area contributed by atoms with Gasteiger partial charge in [-0.1, -0.05) is 28.2 Å². The molecule has 0 aliphatic carbocycles. The molecule has 0 N–H and O–H groups in total. The lowest BCUT2D eigenvalue weighted by Crippen LogP contribution is -2.00. The molecule has 2 rings (SSSR count). The molecule has 0 saturated heterocycles. The zero-order valence-electron chi connectivity index (χ0n) is 8.47. The van der Waals surface area contributed by atoms with E-state index in [1.165, 1.54) is 11.8 Å². The van der Waals surface area contributed by atoms with E-state index in [4.69, 9.17) is 11.6 Å². The van der Waals surface area contributed by atoms with E-state index in [0.717, 1.165) is 11.3 Å². The Balaban J connectivity index is 2.52. The second-order valence-corrected chi connectivity index (χ2v) is 4.49. The Hall–Kier alpha value is -1.47. The minimum atomic E-state index is -0.481. The zero-order chi connectivity index (χ0) is 11.7. The molecule has 16 heavy (non-hydrogen) atoms. The Morgan fingerprint density at radius 2 is 2.38 bits per heavy atom. The lowest BCUT2D eigenvalue weighted by atomic mass is 10.3. The Bertz CT molecular complexity index is 536. The quantitative estimate of drug-likeness (QED) is 0.761. The van der Waals surface area contributed by atoms with Gasteiger partial charge < -0.3 is 4.74 Å². The fourth-order valence-corrected chi connectivity index (χ4v) is 2.19. The van der Waals surface area contributed by atoms with Crippen molar-refractivity contribution in [2.45, 2.75) is 0 Å². The van der Waals surface area contributed by atoms with Gasteiger partial charge in [0.1, 0.15) is 16.3 Å². The predicted octanol–water partition coefficient (Wildman–Crippen LogP) is 1.38. The summed E-state index contributed by atoms with van der Waals surface area (Å²) in [5, 5.41) is 7.63. The van der Waals surface area contributed by atoms with Crippen molar-refractivity contribution < 1.29 is 9.53 Å². The highest BCUT2D eigenvalue weighted by Crippen LogP contribution is 2.29. The summed E-state index contributed by atoms with van der Waals surface area (Å²) in [7, 11) is 3.03. The average molecular weight is 259 g/mol. The summed E-state index contributed by atoms with van der Waals surface area (Å²) >= 11 is 6.82. The van der Waals surface area contributed by atoms with E-state index in [1.54, 1.807) is 13.2 Å². The second-order valence-electron chi connectivity index (χ2n) is 2.91. The van der Waals surface area contributed by atoms with Crippen molar-refractivity contribution in [1.29, 1.82) is 0 Å². The summed E-state index contributed by atoms with van der Waals surface area (Å²) in [6, 6.07) is 0. The highest BCUT2D eigenvalue weighted by Gasteiger charge is 2.21. The Kier molecular flexibility index (Phi) is 2.88. The van der Waals surface area contributed by atoms with E-state index in [2.05, 4.69) is 20.0 Å². The maximum Gasteiger partial charge on any atom is 0.350 e. The van der Waals surface area contributed by atoms with Gasteiger partial charge in [0, 0.05) is 7.05 Å². The Morgan fingerprint density at radius 3 is 2.94 bits per heavy atom. The summed E-state index contributed by atoms with van der Waals surface area (Å²) in [5.74, 6) is -0.481. The number of hydrogen-bond acceptors (Lipinski definition) is 6. The van der Waals surface area contributed by atoms with Crippen LogP contribution in [-0.4, -0.2) is 33.1 Å². The Labute approximate surface area is 99.8 Å². The maximum atomic E-state index is 11.5. The van der Waals surface area contributed by atoms with Crippen molar-refractivity contribution in [3.63, 3.8) is 0 Å². The molecule has 84 valence electrons. The van der Waals surface area contributed by atoms with Crippen LogP contribution in [0.4, 0.5) is 0 Å². The number of esters is 1. The van der Waals surface area contributed by atoms with Crippen molar-refractivity contribution in [3.8, 4) is 11.4 Å². The molecule has 0 aliphatic heterocycles. The Morgan fingerprint density at radius 1 is 1.62 bits per heavy atom. The lowest BCUT2D eigenvalue weighted by Gasteiger charge is -1.95. The molecule has 0 unspecified atom stereocenters. The van der Waals surface area contributed by atoms with Crippen molar-refractivity contribution in [2.75, 3.05) is 7.11 Å².